The van der Waals surface area contributed by atoms with Gasteiger partial charge in [0.25, 0.3) is 0 Å². The molecule has 0 bridgehead atoms. The Morgan fingerprint density at radius 2 is 1.97 bits per heavy atom. The molecule has 162 valence electrons. The molecule has 2 aromatic carbocycles. The molecule has 7 nitrogen and oxygen atoms in total. The Morgan fingerprint density at radius 1 is 1.23 bits per heavy atom. The molecule has 0 spiro atoms. The number of aromatic amines is 1. The van der Waals surface area contributed by atoms with Crippen LogP contribution in [0.1, 0.15) is 26.3 Å². The standard InChI is InChI=1S/C22H22ClN3O4S/c1-4-29-18-11-14(5-10-17(18)30-13(2)3)12-19(21(27)28)31-22-24-20(25-26-22)15-6-8-16(23)9-7-15/h5-13H,4H2,1-3H3,(H,27,28)(H,24,25,26)/b19-12-. The Morgan fingerprint density at radius 3 is 2.61 bits per heavy atom. The van der Waals surface area contributed by atoms with Crippen molar-refractivity contribution in [3.8, 4) is 22.9 Å². The molecule has 0 atom stereocenters. The minimum absolute atomic E-state index is 0.00805. The minimum atomic E-state index is -1.08. The number of ether oxygens (including phenoxy) is 2. The number of aliphatic carboxylic acids is 1. The van der Waals surface area contributed by atoms with E-state index in [0.29, 0.717) is 39.7 Å². The Balaban J connectivity index is 1.84. The van der Waals surface area contributed by atoms with Crippen molar-refractivity contribution >= 4 is 35.4 Å². The van der Waals surface area contributed by atoms with Gasteiger partial charge in [-0.25, -0.2) is 9.78 Å². The fourth-order valence-corrected chi connectivity index (χ4v) is 3.48. The van der Waals surface area contributed by atoms with Crippen molar-refractivity contribution in [2.75, 3.05) is 6.61 Å². The van der Waals surface area contributed by atoms with Gasteiger partial charge in [-0.3, -0.25) is 5.10 Å². The first-order chi connectivity index (χ1) is 14.9. The van der Waals surface area contributed by atoms with Crippen LogP contribution in [0.25, 0.3) is 17.5 Å². The molecule has 0 aliphatic carbocycles. The Bertz CT molecular complexity index is 1080. The molecule has 3 rings (SSSR count). The van der Waals surface area contributed by atoms with Crippen LogP contribution in [-0.4, -0.2) is 39.0 Å². The zero-order valence-electron chi connectivity index (χ0n) is 17.3. The van der Waals surface area contributed by atoms with Crippen LogP contribution >= 0.6 is 23.4 Å². The van der Waals surface area contributed by atoms with Gasteiger partial charge in [0.2, 0.25) is 5.16 Å². The van der Waals surface area contributed by atoms with Gasteiger partial charge in [0.05, 0.1) is 12.7 Å². The van der Waals surface area contributed by atoms with Gasteiger partial charge in [-0.15, -0.1) is 5.10 Å². The van der Waals surface area contributed by atoms with Gasteiger partial charge in [0.15, 0.2) is 17.3 Å². The van der Waals surface area contributed by atoms with E-state index in [-0.39, 0.29) is 11.0 Å². The fraction of sp³-hybridized carbons (Fsp3) is 0.227. The molecule has 3 aromatic rings. The summed E-state index contributed by atoms with van der Waals surface area (Å²) in [4.78, 5) is 16.3. The molecule has 1 heterocycles. The molecule has 0 aliphatic rings. The van der Waals surface area contributed by atoms with Gasteiger partial charge < -0.3 is 14.6 Å². The lowest BCUT2D eigenvalue weighted by Gasteiger charge is -2.15. The number of rotatable bonds is 9. The van der Waals surface area contributed by atoms with Crippen LogP contribution in [0.2, 0.25) is 5.02 Å². The third-order valence-corrected chi connectivity index (χ3v) is 5.05. The van der Waals surface area contributed by atoms with Gasteiger partial charge in [0, 0.05) is 10.6 Å². The summed E-state index contributed by atoms with van der Waals surface area (Å²) in [7, 11) is 0. The Labute approximate surface area is 189 Å². The number of hydrogen-bond acceptors (Lipinski definition) is 6. The highest BCUT2D eigenvalue weighted by molar-refractivity contribution is 8.04. The number of nitrogens with one attached hydrogen (secondary N) is 1. The number of carboxylic acid groups (broad SMARTS) is 1. The highest BCUT2D eigenvalue weighted by Gasteiger charge is 2.15. The SMILES string of the molecule is CCOc1cc(/C=C(\Sc2n[nH]c(-c3ccc(Cl)cc3)n2)C(=O)O)ccc1OC(C)C. The highest BCUT2D eigenvalue weighted by Crippen LogP contribution is 2.32. The maximum Gasteiger partial charge on any atom is 0.342 e. The quantitative estimate of drug-likeness (QED) is 0.320. The van der Waals surface area contributed by atoms with Crippen LogP contribution in [0.4, 0.5) is 0 Å². The summed E-state index contributed by atoms with van der Waals surface area (Å²) in [5.41, 5.74) is 1.46. The number of halogens is 1. The first kappa shape index (κ1) is 22.7. The molecule has 0 amide bonds. The predicted octanol–water partition coefficient (Wildman–Crippen LogP) is 5.53. The summed E-state index contributed by atoms with van der Waals surface area (Å²) < 4.78 is 11.4. The van der Waals surface area contributed by atoms with E-state index in [4.69, 9.17) is 21.1 Å². The first-order valence-electron chi connectivity index (χ1n) is 9.60. The van der Waals surface area contributed by atoms with Crippen molar-refractivity contribution in [1.29, 1.82) is 0 Å². The maximum atomic E-state index is 11.8. The third-order valence-electron chi connectivity index (χ3n) is 3.92. The second-order valence-electron chi connectivity index (χ2n) is 6.70. The zero-order valence-corrected chi connectivity index (χ0v) is 18.8. The number of aromatic nitrogens is 3. The molecule has 0 aliphatic heterocycles. The lowest BCUT2D eigenvalue weighted by atomic mass is 10.2. The lowest BCUT2D eigenvalue weighted by Crippen LogP contribution is -2.07. The summed E-state index contributed by atoms with van der Waals surface area (Å²) in [5, 5.41) is 17.5. The van der Waals surface area contributed by atoms with E-state index in [9.17, 15) is 9.90 Å². The third kappa shape index (κ3) is 6.26. The number of nitrogens with zero attached hydrogens (tertiary/aromatic N) is 2. The number of thioether (sulfide) groups is 1. The van der Waals surface area contributed by atoms with Crippen LogP contribution < -0.4 is 9.47 Å². The van der Waals surface area contributed by atoms with Crippen LogP contribution in [0.5, 0.6) is 11.5 Å². The molecule has 0 fully saturated rings. The van der Waals surface area contributed by atoms with E-state index < -0.39 is 5.97 Å². The average Bonchev–Trinajstić information content (AvgIpc) is 3.18. The molecular formula is C22H22ClN3O4S. The second-order valence-corrected chi connectivity index (χ2v) is 8.14. The summed E-state index contributed by atoms with van der Waals surface area (Å²) in [5.74, 6) is 0.615. The van der Waals surface area contributed by atoms with Crippen molar-refractivity contribution in [3.05, 3.63) is 58.0 Å². The van der Waals surface area contributed by atoms with Crippen LogP contribution in [0.3, 0.4) is 0 Å². The van der Waals surface area contributed by atoms with E-state index in [1.54, 1.807) is 48.5 Å². The largest absolute Gasteiger partial charge is 0.490 e. The zero-order chi connectivity index (χ0) is 22.4. The van der Waals surface area contributed by atoms with Crippen LogP contribution in [0.15, 0.2) is 52.5 Å². The number of carboxylic acids is 1. The van der Waals surface area contributed by atoms with Crippen molar-refractivity contribution < 1.29 is 19.4 Å². The first-order valence-corrected chi connectivity index (χ1v) is 10.8. The van der Waals surface area contributed by atoms with Crippen molar-refractivity contribution in [3.63, 3.8) is 0 Å². The molecule has 31 heavy (non-hydrogen) atoms. The average molecular weight is 460 g/mol. The van der Waals surface area contributed by atoms with E-state index >= 15 is 0 Å². The van der Waals surface area contributed by atoms with E-state index in [2.05, 4.69) is 15.2 Å². The van der Waals surface area contributed by atoms with Gasteiger partial charge in [-0.2, -0.15) is 0 Å². The number of H-pyrrole nitrogens is 1. The smallest absolute Gasteiger partial charge is 0.342 e. The van der Waals surface area contributed by atoms with Crippen molar-refractivity contribution in [2.24, 2.45) is 0 Å². The number of carbonyl (C=O) groups is 1. The topological polar surface area (TPSA) is 97.3 Å². The number of hydrogen-bond donors (Lipinski definition) is 2. The molecule has 1 aromatic heterocycles. The fourth-order valence-electron chi connectivity index (χ4n) is 2.65. The Hall–Kier alpha value is -2.97. The molecule has 0 saturated heterocycles. The Kier molecular flexibility index (Phi) is 7.59. The predicted molar refractivity (Wildman–Crippen MR) is 122 cm³/mol. The molecule has 0 saturated carbocycles. The van der Waals surface area contributed by atoms with Gasteiger partial charge in [-0.05, 0) is 80.6 Å². The maximum absolute atomic E-state index is 11.8. The summed E-state index contributed by atoms with van der Waals surface area (Å²) in [6.45, 7) is 6.20. The van der Waals surface area contributed by atoms with E-state index in [1.807, 2.05) is 20.8 Å². The van der Waals surface area contributed by atoms with Gasteiger partial charge in [-0.1, -0.05) is 17.7 Å². The minimum Gasteiger partial charge on any atom is -0.490 e. The number of benzene rings is 2. The molecule has 9 heteroatoms. The molecule has 0 radical (unpaired) electrons. The van der Waals surface area contributed by atoms with Crippen LogP contribution in [0, 0.1) is 0 Å². The van der Waals surface area contributed by atoms with E-state index in [1.165, 1.54) is 0 Å². The molecule has 0 unspecified atom stereocenters. The highest BCUT2D eigenvalue weighted by atomic mass is 35.5. The molecular weight excluding hydrogens is 438 g/mol. The van der Waals surface area contributed by atoms with Gasteiger partial charge >= 0.3 is 5.97 Å². The summed E-state index contributed by atoms with van der Waals surface area (Å²) in [6, 6.07) is 12.4. The van der Waals surface area contributed by atoms with E-state index in [0.717, 1.165) is 17.3 Å². The lowest BCUT2D eigenvalue weighted by molar-refractivity contribution is -0.131. The normalized spacial score (nSPS) is 11.6. The second kappa shape index (κ2) is 10.4. The van der Waals surface area contributed by atoms with Crippen LogP contribution in [-0.2, 0) is 4.79 Å². The van der Waals surface area contributed by atoms with Gasteiger partial charge in [0.1, 0.15) is 4.91 Å². The molecule has 2 N–H and O–H groups in total. The van der Waals surface area contributed by atoms with Crippen molar-refractivity contribution in [1.82, 2.24) is 15.2 Å². The summed E-state index contributed by atoms with van der Waals surface area (Å²) >= 11 is 6.86. The summed E-state index contributed by atoms with van der Waals surface area (Å²) in [6.07, 6.45) is 1.54. The monoisotopic (exact) mass is 459 g/mol. The van der Waals surface area contributed by atoms with Crippen molar-refractivity contribution in [2.45, 2.75) is 32.0 Å².